The summed E-state index contributed by atoms with van der Waals surface area (Å²) in [7, 11) is 1.38. The average Bonchev–Trinajstić information content (AvgIpc) is 2.42. The van der Waals surface area contributed by atoms with Crippen molar-refractivity contribution < 1.29 is 18.6 Å². The molecule has 2 aromatic rings. The summed E-state index contributed by atoms with van der Waals surface area (Å²) < 4.78 is 31.5. The van der Waals surface area contributed by atoms with Crippen LogP contribution < -0.4 is 4.74 Å². The Kier molecular flexibility index (Phi) is 4.06. The summed E-state index contributed by atoms with van der Waals surface area (Å²) in [6.45, 7) is 0. The number of nitrogens with zero attached hydrogens (tertiary/aromatic N) is 1. The van der Waals surface area contributed by atoms with E-state index in [0.717, 1.165) is 6.20 Å². The van der Waals surface area contributed by atoms with Crippen molar-refractivity contribution in [1.82, 2.24) is 4.98 Å². The molecule has 0 radical (unpaired) electrons. The van der Waals surface area contributed by atoms with Gasteiger partial charge in [-0.2, -0.15) is 0 Å². The van der Waals surface area contributed by atoms with Crippen LogP contribution in [0.3, 0.4) is 0 Å². The molecule has 0 aliphatic heterocycles. The minimum atomic E-state index is -0.998. The summed E-state index contributed by atoms with van der Waals surface area (Å²) in [6, 6.07) is 7.28. The van der Waals surface area contributed by atoms with E-state index in [2.05, 4.69) is 4.98 Å². The zero-order chi connectivity index (χ0) is 13.8. The lowest BCUT2D eigenvalue weighted by Crippen LogP contribution is -2.06. The Balaban J connectivity index is 2.19. The number of ether oxygens (including phenoxy) is 1. The number of methoxy groups -OCH3 is 1. The molecular formula is C14H13F2NO2. The van der Waals surface area contributed by atoms with Crippen LogP contribution in [0.4, 0.5) is 8.78 Å². The lowest BCUT2D eigenvalue weighted by atomic mass is 10.0. The quantitative estimate of drug-likeness (QED) is 0.924. The van der Waals surface area contributed by atoms with E-state index in [9.17, 15) is 13.9 Å². The maximum atomic E-state index is 13.9. The molecule has 100 valence electrons. The van der Waals surface area contributed by atoms with E-state index in [1.54, 1.807) is 12.1 Å². The summed E-state index contributed by atoms with van der Waals surface area (Å²) in [5.41, 5.74) is 0.613. The third-order valence-corrected chi connectivity index (χ3v) is 2.77. The Hall–Kier alpha value is -2.01. The molecule has 5 heteroatoms. The zero-order valence-electron chi connectivity index (χ0n) is 10.3. The molecule has 1 atom stereocenters. The molecule has 1 unspecified atom stereocenters. The predicted octanol–water partition coefficient (Wildman–Crippen LogP) is 2.64. The number of halogens is 2. The molecule has 1 aromatic heterocycles. The van der Waals surface area contributed by atoms with Gasteiger partial charge in [-0.15, -0.1) is 0 Å². The van der Waals surface area contributed by atoms with Crippen LogP contribution in [-0.4, -0.2) is 17.2 Å². The summed E-state index contributed by atoms with van der Waals surface area (Å²) >= 11 is 0. The summed E-state index contributed by atoms with van der Waals surface area (Å²) in [5.74, 6) is -0.869. The number of aromatic nitrogens is 1. The second-order valence-corrected chi connectivity index (χ2v) is 4.05. The number of aliphatic hydroxyl groups is 1. The third kappa shape index (κ3) is 3.06. The van der Waals surface area contributed by atoms with Crippen LogP contribution in [0.1, 0.15) is 17.4 Å². The molecule has 0 fully saturated rings. The highest BCUT2D eigenvalue weighted by Crippen LogP contribution is 2.24. The molecule has 0 saturated heterocycles. The highest BCUT2D eigenvalue weighted by atomic mass is 19.1. The maximum Gasteiger partial charge on any atom is 0.168 e. The Labute approximate surface area is 109 Å². The Morgan fingerprint density at radius 2 is 2.05 bits per heavy atom. The number of rotatable bonds is 4. The minimum Gasteiger partial charge on any atom is -0.494 e. The van der Waals surface area contributed by atoms with Gasteiger partial charge in [0.1, 0.15) is 11.9 Å². The van der Waals surface area contributed by atoms with Crippen molar-refractivity contribution in [2.75, 3.05) is 7.11 Å². The van der Waals surface area contributed by atoms with Crippen LogP contribution in [0, 0.1) is 11.6 Å². The van der Waals surface area contributed by atoms with E-state index in [4.69, 9.17) is 4.74 Å². The van der Waals surface area contributed by atoms with Gasteiger partial charge in [-0.1, -0.05) is 12.1 Å². The Morgan fingerprint density at radius 1 is 1.26 bits per heavy atom. The average molecular weight is 265 g/mol. The monoisotopic (exact) mass is 265 g/mol. The van der Waals surface area contributed by atoms with Crippen molar-refractivity contribution in [1.29, 1.82) is 0 Å². The third-order valence-electron chi connectivity index (χ3n) is 2.77. The second-order valence-electron chi connectivity index (χ2n) is 4.05. The molecule has 1 aromatic carbocycles. The lowest BCUT2D eigenvalue weighted by molar-refractivity contribution is 0.172. The molecule has 0 spiro atoms. The number of hydrogen-bond acceptors (Lipinski definition) is 3. The van der Waals surface area contributed by atoms with Crippen LogP contribution in [0.2, 0.25) is 0 Å². The van der Waals surface area contributed by atoms with E-state index < -0.39 is 17.7 Å². The van der Waals surface area contributed by atoms with Gasteiger partial charge in [-0.25, -0.2) is 8.78 Å². The SMILES string of the molecule is COc1cccc(CC(O)c2ccc(F)cn2)c1F. The molecule has 19 heavy (non-hydrogen) atoms. The molecule has 0 aliphatic carbocycles. The van der Waals surface area contributed by atoms with Crippen LogP contribution >= 0.6 is 0 Å². The highest BCUT2D eigenvalue weighted by molar-refractivity contribution is 5.32. The van der Waals surface area contributed by atoms with Crippen LogP contribution in [0.5, 0.6) is 5.75 Å². The van der Waals surface area contributed by atoms with E-state index in [0.29, 0.717) is 11.3 Å². The summed E-state index contributed by atoms with van der Waals surface area (Å²) in [5, 5.41) is 9.96. The van der Waals surface area contributed by atoms with Gasteiger partial charge in [0.15, 0.2) is 11.6 Å². The lowest BCUT2D eigenvalue weighted by Gasteiger charge is -2.12. The van der Waals surface area contributed by atoms with Crippen molar-refractivity contribution in [3.05, 3.63) is 59.4 Å². The van der Waals surface area contributed by atoms with Crippen molar-refractivity contribution >= 4 is 0 Å². The van der Waals surface area contributed by atoms with Crippen molar-refractivity contribution in [3.63, 3.8) is 0 Å². The van der Waals surface area contributed by atoms with E-state index in [-0.39, 0.29) is 12.2 Å². The van der Waals surface area contributed by atoms with Gasteiger partial charge in [0.25, 0.3) is 0 Å². The number of benzene rings is 1. The zero-order valence-corrected chi connectivity index (χ0v) is 10.3. The molecule has 0 aliphatic rings. The second kappa shape index (κ2) is 5.75. The summed E-state index contributed by atoms with van der Waals surface area (Å²) in [4.78, 5) is 3.77. The largest absolute Gasteiger partial charge is 0.494 e. The maximum absolute atomic E-state index is 13.9. The van der Waals surface area contributed by atoms with E-state index >= 15 is 0 Å². The molecule has 1 N–H and O–H groups in total. The molecule has 0 bridgehead atoms. The van der Waals surface area contributed by atoms with Crippen molar-refractivity contribution in [2.45, 2.75) is 12.5 Å². The van der Waals surface area contributed by atoms with Gasteiger partial charge in [-0.05, 0) is 23.8 Å². The highest BCUT2D eigenvalue weighted by Gasteiger charge is 2.15. The van der Waals surface area contributed by atoms with E-state index in [1.165, 1.54) is 25.3 Å². The smallest absolute Gasteiger partial charge is 0.168 e. The molecule has 0 saturated carbocycles. The molecular weight excluding hydrogens is 252 g/mol. The fraction of sp³-hybridized carbons (Fsp3) is 0.214. The predicted molar refractivity (Wildman–Crippen MR) is 65.8 cm³/mol. The van der Waals surface area contributed by atoms with Gasteiger partial charge in [0.05, 0.1) is 19.0 Å². The van der Waals surface area contributed by atoms with Crippen molar-refractivity contribution in [3.8, 4) is 5.75 Å². The first-order valence-corrected chi connectivity index (χ1v) is 5.72. The van der Waals surface area contributed by atoms with E-state index in [1.807, 2.05) is 0 Å². The molecule has 0 amide bonds. The van der Waals surface area contributed by atoms with Crippen molar-refractivity contribution in [2.24, 2.45) is 0 Å². The van der Waals surface area contributed by atoms with Gasteiger partial charge in [-0.3, -0.25) is 4.98 Å². The first-order chi connectivity index (χ1) is 9.11. The number of pyridine rings is 1. The Bertz CT molecular complexity index is 558. The first kappa shape index (κ1) is 13.4. The molecule has 1 heterocycles. The fourth-order valence-corrected chi connectivity index (χ4v) is 1.77. The summed E-state index contributed by atoms with van der Waals surface area (Å²) in [6.07, 6.45) is 0.0597. The number of hydrogen-bond donors (Lipinski definition) is 1. The van der Waals surface area contributed by atoms with Crippen LogP contribution in [0.15, 0.2) is 36.5 Å². The standard InChI is InChI=1S/C14H13F2NO2/c1-19-13-4-2-3-9(14(13)16)7-12(18)11-6-5-10(15)8-17-11/h2-6,8,12,18H,7H2,1H3. The first-order valence-electron chi connectivity index (χ1n) is 5.72. The van der Waals surface area contributed by atoms with Crippen LogP contribution in [-0.2, 0) is 6.42 Å². The fourth-order valence-electron chi connectivity index (χ4n) is 1.77. The molecule has 2 rings (SSSR count). The number of aliphatic hydroxyl groups excluding tert-OH is 1. The van der Waals surface area contributed by atoms with Gasteiger partial charge < -0.3 is 9.84 Å². The molecule has 3 nitrogen and oxygen atoms in total. The van der Waals surface area contributed by atoms with Crippen LogP contribution in [0.25, 0.3) is 0 Å². The topological polar surface area (TPSA) is 42.4 Å². The van der Waals surface area contributed by atoms with Gasteiger partial charge in [0, 0.05) is 6.42 Å². The van der Waals surface area contributed by atoms with Gasteiger partial charge in [0.2, 0.25) is 0 Å². The van der Waals surface area contributed by atoms with Gasteiger partial charge >= 0.3 is 0 Å². The Morgan fingerprint density at radius 3 is 2.68 bits per heavy atom. The normalized spacial score (nSPS) is 12.2. The minimum absolute atomic E-state index is 0.0433.